The van der Waals surface area contributed by atoms with Gasteiger partial charge in [0, 0.05) is 61.8 Å². The molecule has 14 nitrogen and oxygen atoms in total. The van der Waals surface area contributed by atoms with Crippen LogP contribution in [0.3, 0.4) is 0 Å². The van der Waals surface area contributed by atoms with Gasteiger partial charge in [-0.25, -0.2) is 4.79 Å². The van der Waals surface area contributed by atoms with Crippen LogP contribution in [0, 0.1) is 27.7 Å². The first-order chi connectivity index (χ1) is 26.2. The second-order valence-corrected chi connectivity index (χ2v) is 13.8. The van der Waals surface area contributed by atoms with Crippen molar-refractivity contribution in [2.24, 2.45) is 0 Å². The van der Waals surface area contributed by atoms with Crippen LogP contribution in [0.25, 0.3) is 0 Å². The molecular formula is C41H40O14. The van der Waals surface area contributed by atoms with Gasteiger partial charge in [-0.15, -0.1) is 0 Å². The van der Waals surface area contributed by atoms with E-state index in [-0.39, 0.29) is 20.4 Å². The summed E-state index contributed by atoms with van der Waals surface area (Å²) in [6.07, 6.45) is 0.483. The van der Waals surface area contributed by atoms with Crippen molar-refractivity contribution in [2.75, 3.05) is 20.4 Å². The lowest BCUT2D eigenvalue weighted by Crippen LogP contribution is -2.35. The van der Waals surface area contributed by atoms with Gasteiger partial charge in [-0.3, -0.25) is 9.59 Å². The number of hydrogen-bond acceptors (Lipinski definition) is 11. The summed E-state index contributed by atoms with van der Waals surface area (Å²) in [5.41, 5.74) is 10.8. The van der Waals surface area contributed by atoms with Crippen molar-refractivity contribution in [1.29, 1.82) is 0 Å². The third-order valence-corrected chi connectivity index (χ3v) is 9.85. The van der Waals surface area contributed by atoms with Crippen molar-refractivity contribution >= 4 is 17.9 Å². The van der Waals surface area contributed by atoms with Crippen molar-refractivity contribution in [3.05, 3.63) is 91.0 Å². The van der Waals surface area contributed by atoms with Gasteiger partial charge in [-0.05, 0) is 96.5 Å². The van der Waals surface area contributed by atoms with Crippen LogP contribution in [0.15, 0.2) is 24.3 Å². The van der Waals surface area contributed by atoms with Crippen LogP contribution in [-0.4, -0.2) is 59.9 Å². The summed E-state index contributed by atoms with van der Waals surface area (Å²) in [6, 6.07) is 8.48. The third kappa shape index (κ3) is 6.95. The van der Waals surface area contributed by atoms with Gasteiger partial charge in [-0.1, -0.05) is 0 Å². The van der Waals surface area contributed by atoms with Crippen LogP contribution in [0.4, 0.5) is 0 Å². The van der Waals surface area contributed by atoms with Crippen molar-refractivity contribution < 1.29 is 67.6 Å². The summed E-state index contributed by atoms with van der Waals surface area (Å²) in [7, 11) is 0. The van der Waals surface area contributed by atoms with E-state index in [0.717, 1.165) is 92.5 Å². The van der Waals surface area contributed by atoms with E-state index >= 15 is 0 Å². The molecule has 4 heterocycles. The van der Waals surface area contributed by atoms with Crippen molar-refractivity contribution in [3.8, 4) is 46.0 Å². The van der Waals surface area contributed by atoms with E-state index in [4.69, 9.17) is 57.7 Å². The van der Waals surface area contributed by atoms with Crippen molar-refractivity contribution in [1.82, 2.24) is 0 Å². The lowest BCUT2D eigenvalue weighted by atomic mass is 9.87. The molecule has 5 aliphatic rings. The number of carboxylic acids is 3. The summed E-state index contributed by atoms with van der Waals surface area (Å²) in [4.78, 5) is 30.5. The maximum Gasteiger partial charge on any atom is 0.387 e. The van der Waals surface area contributed by atoms with Gasteiger partial charge in [-0.2, -0.15) is 0 Å². The molecule has 4 aromatic carbocycles. The summed E-state index contributed by atoms with van der Waals surface area (Å²) in [5, 5.41) is 25.1. The predicted octanol–water partition coefficient (Wildman–Crippen LogP) is 6.15. The number of benzene rings is 4. The molecule has 8 bridgehead atoms. The molecule has 9 rings (SSSR count). The molecule has 0 aromatic heterocycles. The standard InChI is InChI=1S/C37H32O10.2C2H4O2/c1-16-28-20-5-21-7-23-9-25-11-27-12-26-10-24-8-22(6-20)30(16)42-14-44-32(24)18(3)34(26)46-37(36(38)39)47-35(27)19(4)33(25)45-15-43-31(23)17(2)29(21)41-13-40-28;2*1-2(3)4/h6-7,10-11,37H,5,8-9,12-15H2,1-4H3,(H,38,39);2*1H3,(H,3,4). The Morgan fingerprint density at radius 1 is 0.436 bits per heavy atom. The van der Waals surface area contributed by atoms with Gasteiger partial charge < -0.3 is 53.2 Å². The van der Waals surface area contributed by atoms with Crippen molar-refractivity contribution in [3.63, 3.8) is 0 Å². The molecule has 3 N–H and O–H groups in total. The van der Waals surface area contributed by atoms with E-state index in [1.54, 1.807) is 0 Å². The fourth-order valence-electron chi connectivity index (χ4n) is 7.89. The summed E-state index contributed by atoms with van der Waals surface area (Å²) < 4.78 is 49.8. The van der Waals surface area contributed by atoms with E-state index < -0.39 is 24.2 Å². The molecule has 0 saturated heterocycles. The molecule has 0 fully saturated rings. The van der Waals surface area contributed by atoms with Crippen molar-refractivity contribution in [2.45, 2.75) is 73.5 Å². The van der Waals surface area contributed by atoms with E-state index in [1.807, 2.05) is 27.7 Å². The smallest absolute Gasteiger partial charge is 0.387 e. The van der Waals surface area contributed by atoms with Crippen LogP contribution in [0.5, 0.6) is 46.0 Å². The quantitative estimate of drug-likeness (QED) is 0.177. The van der Waals surface area contributed by atoms with Gasteiger partial charge in [0.15, 0.2) is 0 Å². The Kier molecular flexibility index (Phi) is 9.76. The normalized spacial score (nSPS) is 15.0. The molecule has 14 heteroatoms. The Morgan fingerprint density at radius 3 is 0.855 bits per heavy atom. The van der Waals surface area contributed by atoms with Gasteiger partial charge >= 0.3 is 12.3 Å². The Morgan fingerprint density at radius 2 is 0.636 bits per heavy atom. The summed E-state index contributed by atoms with van der Waals surface area (Å²) >= 11 is 0. The topological polar surface area (TPSA) is 186 Å². The second kappa shape index (κ2) is 14.5. The lowest BCUT2D eigenvalue weighted by Gasteiger charge is -2.31. The number of ether oxygens (including phenoxy) is 8. The number of hydrogen-bond donors (Lipinski definition) is 3. The molecule has 0 amide bonds. The van der Waals surface area contributed by atoms with Gasteiger partial charge in [0.05, 0.1) is 0 Å². The van der Waals surface area contributed by atoms with Crippen LogP contribution < -0.4 is 37.9 Å². The zero-order valence-corrected chi connectivity index (χ0v) is 31.2. The van der Waals surface area contributed by atoms with E-state index in [0.29, 0.717) is 59.8 Å². The first kappa shape index (κ1) is 37.0. The van der Waals surface area contributed by atoms with Gasteiger partial charge in [0.2, 0.25) is 20.4 Å². The Bertz CT molecular complexity index is 2120. The molecule has 55 heavy (non-hydrogen) atoms. The fraction of sp³-hybridized carbons (Fsp3) is 0.341. The molecular weight excluding hydrogens is 716 g/mol. The minimum absolute atomic E-state index is 0.0337. The highest BCUT2D eigenvalue weighted by Gasteiger charge is 2.34. The number of carboxylic acid groups (broad SMARTS) is 3. The Balaban J connectivity index is 0.000000533. The zero-order valence-electron chi connectivity index (χ0n) is 31.2. The molecule has 288 valence electrons. The first-order valence-electron chi connectivity index (χ1n) is 17.5. The molecule has 0 unspecified atom stereocenters. The molecule has 1 aliphatic carbocycles. The zero-order chi connectivity index (χ0) is 39.3. The highest BCUT2D eigenvalue weighted by atomic mass is 16.7. The average Bonchev–Trinajstić information content (AvgIpc) is 3.05. The minimum atomic E-state index is -1.60. The molecule has 4 aromatic rings. The van der Waals surface area contributed by atoms with E-state index in [9.17, 15) is 9.90 Å². The maximum absolute atomic E-state index is 12.5. The highest BCUT2D eigenvalue weighted by Crippen LogP contribution is 2.49. The molecule has 0 atom stereocenters. The highest BCUT2D eigenvalue weighted by molar-refractivity contribution is 5.73. The molecule has 4 aliphatic heterocycles. The summed E-state index contributed by atoms with van der Waals surface area (Å²) in [5.74, 6) is 2.08. The molecule has 0 spiro atoms. The minimum Gasteiger partial charge on any atom is -0.481 e. The first-order valence-corrected chi connectivity index (χ1v) is 17.5. The van der Waals surface area contributed by atoms with E-state index in [2.05, 4.69) is 24.3 Å². The van der Waals surface area contributed by atoms with Crippen LogP contribution in [0.2, 0.25) is 0 Å². The van der Waals surface area contributed by atoms with Gasteiger partial charge in [0.1, 0.15) is 46.0 Å². The fourth-order valence-corrected chi connectivity index (χ4v) is 7.89. The van der Waals surface area contributed by atoms with Crippen LogP contribution in [0.1, 0.15) is 80.6 Å². The SMILES string of the molecule is CC(=O)O.CC(=O)O.Cc1c2c3cc4c1OCOc1c(cc5c(c1C)OC(C(=O)O)Oc1c(cc6c(c1C)OCOc1c(cc(c(c1C)OCO2)C3)C6)C5)C4. The maximum atomic E-state index is 12.5. The molecule has 0 radical (unpaired) electrons. The number of carbonyl (C=O) groups is 3. The third-order valence-electron chi connectivity index (χ3n) is 9.85. The predicted molar refractivity (Wildman–Crippen MR) is 194 cm³/mol. The monoisotopic (exact) mass is 756 g/mol. The Labute approximate surface area is 316 Å². The summed E-state index contributed by atoms with van der Waals surface area (Å²) in [6.45, 7) is 9.89. The molecule has 0 saturated carbocycles. The van der Waals surface area contributed by atoms with Crippen LogP contribution >= 0.6 is 0 Å². The largest absolute Gasteiger partial charge is 0.481 e. The lowest BCUT2D eigenvalue weighted by molar-refractivity contribution is -0.159. The Hall–Kier alpha value is -6.31. The van der Waals surface area contributed by atoms with Gasteiger partial charge in [0.25, 0.3) is 11.9 Å². The number of rotatable bonds is 1. The van der Waals surface area contributed by atoms with E-state index in [1.165, 1.54) is 0 Å². The van der Waals surface area contributed by atoms with Crippen LogP contribution in [-0.2, 0) is 40.1 Å². The average molecular weight is 757 g/mol. The number of aliphatic carboxylic acids is 3. The second-order valence-electron chi connectivity index (χ2n) is 13.8.